The van der Waals surface area contributed by atoms with Crippen molar-refractivity contribution >= 4 is 40.9 Å². The topological polar surface area (TPSA) is 29.1 Å². The normalized spacial score (nSPS) is 11.7. The van der Waals surface area contributed by atoms with Crippen LogP contribution >= 0.6 is 23.2 Å². The second-order valence-electron chi connectivity index (χ2n) is 4.57. The van der Waals surface area contributed by atoms with E-state index in [1.54, 1.807) is 6.07 Å². The number of hydrogen-bond acceptors (Lipinski definition) is 1. The van der Waals surface area contributed by atoms with Crippen LogP contribution in [0.2, 0.25) is 10.0 Å². The Bertz CT molecular complexity index is 757. The number of hydrogen-bond donors (Lipinski definition) is 1. The molecule has 0 saturated heterocycles. The van der Waals surface area contributed by atoms with E-state index < -0.39 is 17.6 Å². The third-order valence-electron chi connectivity index (χ3n) is 2.83. The Hall–Kier alpha value is -1.98. The summed E-state index contributed by atoms with van der Waals surface area (Å²) in [6.07, 6.45) is -1.99. The molecule has 7 heteroatoms. The van der Waals surface area contributed by atoms with Gasteiger partial charge in [-0.25, -0.2) is 0 Å². The van der Waals surface area contributed by atoms with Crippen LogP contribution in [-0.2, 0) is 11.0 Å². The number of carbonyl (C=O) groups excluding carboxylic acids is 1. The van der Waals surface area contributed by atoms with Crippen molar-refractivity contribution in [3.8, 4) is 0 Å². The lowest BCUT2D eigenvalue weighted by molar-refractivity contribution is -0.137. The molecule has 1 N–H and O–H groups in total. The minimum atomic E-state index is -4.42. The lowest BCUT2D eigenvalue weighted by Crippen LogP contribution is -2.07. The first-order chi connectivity index (χ1) is 10.8. The van der Waals surface area contributed by atoms with E-state index in [1.807, 2.05) is 0 Å². The maximum Gasteiger partial charge on any atom is 0.416 e. The van der Waals surface area contributed by atoms with Crippen LogP contribution in [0.25, 0.3) is 6.08 Å². The van der Waals surface area contributed by atoms with Crippen LogP contribution in [0.3, 0.4) is 0 Å². The molecule has 1 amide bonds. The van der Waals surface area contributed by atoms with E-state index in [-0.39, 0.29) is 10.6 Å². The highest BCUT2D eigenvalue weighted by molar-refractivity contribution is 6.42. The van der Waals surface area contributed by atoms with Gasteiger partial charge in [0.05, 0.1) is 15.6 Å². The number of halogens is 5. The molecule has 23 heavy (non-hydrogen) atoms. The van der Waals surface area contributed by atoms with E-state index in [0.29, 0.717) is 10.7 Å². The molecule has 0 aliphatic heterocycles. The van der Waals surface area contributed by atoms with Crippen molar-refractivity contribution in [2.75, 3.05) is 5.32 Å². The molecule has 0 radical (unpaired) electrons. The summed E-state index contributed by atoms with van der Waals surface area (Å²) in [4.78, 5) is 11.8. The van der Waals surface area contributed by atoms with Crippen molar-refractivity contribution in [1.82, 2.24) is 0 Å². The van der Waals surface area contributed by atoms with Gasteiger partial charge >= 0.3 is 6.18 Å². The molecule has 2 aromatic rings. The fraction of sp³-hybridized carbons (Fsp3) is 0.0625. The first kappa shape index (κ1) is 17.4. The fourth-order valence-electron chi connectivity index (χ4n) is 1.75. The Morgan fingerprint density at radius 3 is 2.43 bits per heavy atom. The molecule has 0 bridgehead atoms. The van der Waals surface area contributed by atoms with E-state index in [9.17, 15) is 18.0 Å². The molecule has 2 rings (SSSR count). The van der Waals surface area contributed by atoms with Crippen LogP contribution in [-0.4, -0.2) is 5.91 Å². The Labute approximate surface area is 140 Å². The van der Waals surface area contributed by atoms with Crippen LogP contribution in [0, 0.1) is 0 Å². The summed E-state index contributed by atoms with van der Waals surface area (Å²) in [5.74, 6) is -0.499. The van der Waals surface area contributed by atoms with Gasteiger partial charge in [-0.15, -0.1) is 0 Å². The van der Waals surface area contributed by atoms with Gasteiger partial charge in [0.2, 0.25) is 5.91 Å². The first-order valence-electron chi connectivity index (χ1n) is 6.37. The number of nitrogens with one attached hydrogen (secondary N) is 1. The van der Waals surface area contributed by atoms with Gasteiger partial charge in [-0.1, -0.05) is 35.3 Å². The van der Waals surface area contributed by atoms with Crippen molar-refractivity contribution < 1.29 is 18.0 Å². The zero-order valence-corrected chi connectivity index (χ0v) is 13.0. The van der Waals surface area contributed by atoms with Crippen molar-refractivity contribution in [3.05, 3.63) is 69.7 Å². The predicted molar refractivity (Wildman–Crippen MR) is 85.6 cm³/mol. The Morgan fingerprint density at radius 1 is 1.04 bits per heavy atom. The van der Waals surface area contributed by atoms with Crippen molar-refractivity contribution in [2.24, 2.45) is 0 Å². The standard InChI is InChI=1S/C16H10Cl2F3NO/c17-13-6-5-12(9-14(13)18)22-15(23)7-4-10-2-1-3-11(8-10)16(19,20)21/h1-9H,(H,22,23)/b7-4+. The molecule has 0 aliphatic rings. The molecule has 2 aromatic carbocycles. The number of carbonyl (C=O) groups is 1. The zero-order valence-electron chi connectivity index (χ0n) is 11.5. The predicted octanol–water partition coefficient (Wildman–Crippen LogP) is 5.66. The molecule has 0 unspecified atom stereocenters. The Morgan fingerprint density at radius 2 is 1.78 bits per heavy atom. The van der Waals surface area contributed by atoms with Gasteiger partial charge in [0.15, 0.2) is 0 Å². The van der Waals surface area contributed by atoms with Crippen LogP contribution in [0.15, 0.2) is 48.5 Å². The van der Waals surface area contributed by atoms with Crippen LogP contribution < -0.4 is 5.32 Å². The van der Waals surface area contributed by atoms with Gasteiger partial charge in [-0.05, 0) is 42.0 Å². The third-order valence-corrected chi connectivity index (χ3v) is 3.57. The number of benzene rings is 2. The number of anilines is 1. The van der Waals surface area contributed by atoms with Crippen molar-refractivity contribution in [3.63, 3.8) is 0 Å². The zero-order chi connectivity index (χ0) is 17.0. The number of rotatable bonds is 3. The van der Waals surface area contributed by atoms with Crippen molar-refractivity contribution in [1.29, 1.82) is 0 Å². The van der Waals surface area contributed by atoms with Gasteiger partial charge in [0.1, 0.15) is 0 Å². The average molecular weight is 360 g/mol. The Balaban J connectivity index is 2.08. The molecular formula is C16H10Cl2F3NO. The summed E-state index contributed by atoms with van der Waals surface area (Å²) in [5, 5.41) is 3.17. The average Bonchev–Trinajstić information content (AvgIpc) is 2.48. The van der Waals surface area contributed by atoms with E-state index in [0.717, 1.165) is 18.2 Å². The second-order valence-corrected chi connectivity index (χ2v) is 5.39. The lowest BCUT2D eigenvalue weighted by atomic mass is 10.1. The SMILES string of the molecule is O=C(/C=C/c1cccc(C(F)(F)F)c1)Nc1ccc(Cl)c(Cl)c1. The first-order valence-corrected chi connectivity index (χ1v) is 7.13. The van der Waals surface area contributed by atoms with Crippen LogP contribution in [0.1, 0.15) is 11.1 Å². The minimum absolute atomic E-state index is 0.268. The highest BCUT2D eigenvalue weighted by atomic mass is 35.5. The smallest absolute Gasteiger partial charge is 0.322 e. The number of alkyl halides is 3. The summed E-state index contributed by atoms with van der Waals surface area (Å²) in [6, 6.07) is 9.23. The van der Waals surface area contributed by atoms with Gasteiger partial charge in [-0.3, -0.25) is 4.79 Å². The molecule has 0 heterocycles. The van der Waals surface area contributed by atoms with E-state index in [2.05, 4.69) is 5.32 Å². The maximum absolute atomic E-state index is 12.6. The largest absolute Gasteiger partial charge is 0.416 e. The van der Waals surface area contributed by atoms with Gasteiger partial charge < -0.3 is 5.32 Å². The van der Waals surface area contributed by atoms with Crippen LogP contribution in [0.4, 0.5) is 18.9 Å². The maximum atomic E-state index is 12.6. The summed E-state index contributed by atoms with van der Waals surface area (Å²) in [5.41, 5.74) is -0.0771. The van der Waals surface area contributed by atoms with Gasteiger partial charge in [-0.2, -0.15) is 13.2 Å². The molecule has 0 aromatic heterocycles. The minimum Gasteiger partial charge on any atom is -0.322 e. The van der Waals surface area contributed by atoms with Crippen molar-refractivity contribution in [2.45, 2.75) is 6.18 Å². The van der Waals surface area contributed by atoms with Gasteiger partial charge in [0.25, 0.3) is 0 Å². The monoisotopic (exact) mass is 359 g/mol. The summed E-state index contributed by atoms with van der Waals surface area (Å²) < 4.78 is 37.8. The van der Waals surface area contributed by atoms with Gasteiger partial charge in [0, 0.05) is 11.8 Å². The molecule has 120 valence electrons. The highest BCUT2D eigenvalue weighted by Gasteiger charge is 2.30. The van der Waals surface area contributed by atoms with E-state index in [4.69, 9.17) is 23.2 Å². The molecule has 0 aliphatic carbocycles. The van der Waals surface area contributed by atoms with E-state index >= 15 is 0 Å². The summed E-state index contributed by atoms with van der Waals surface area (Å²) in [6.45, 7) is 0. The Kier molecular flexibility index (Phi) is 5.34. The fourth-order valence-corrected chi connectivity index (χ4v) is 2.05. The van der Waals surface area contributed by atoms with Crippen LogP contribution in [0.5, 0.6) is 0 Å². The highest BCUT2D eigenvalue weighted by Crippen LogP contribution is 2.29. The molecular weight excluding hydrogens is 350 g/mol. The third kappa shape index (κ3) is 5.01. The molecule has 0 saturated carbocycles. The molecule has 0 fully saturated rings. The lowest BCUT2D eigenvalue weighted by Gasteiger charge is -2.06. The molecule has 0 spiro atoms. The van der Waals surface area contributed by atoms with E-state index in [1.165, 1.54) is 30.3 Å². The molecule has 2 nitrogen and oxygen atoms in total. The summed E-state index contributed by atoms with van der Waals surface area (Å²) in [7, 11) is 0. The second kappa shape index (κ2) is 7.06. The quantitative estimate of drug-likeness (QED) is 0.703. The number of amides is 1. The molecule has 0 atom stereocenters. The summed E-state index contributed by atoms with van der Waals surface area (Å²) >= 11 is 11.6.